The number of aromatic carboxylic acids is 1. The van der Waals surface area contributed by atoms with Gasteiger partial charge >= 0.3 is 5.97 Å². The van der Waals surface area contributed by atoms with E-state index in [4.69, 9.17) is 16.7 Å². The lowest BCUT2D eigenvalue weighted by Gasteiger charge is -2.08. The number of nitrogens with one attached hydrogen (secondary N) is 1. The largest absolute Gasteiger partial charge is 0.507 e. The zero-order chi connectivity index (χ0) is 14.9. The van der Waals surface area contributed by atoms with Gasteiger partial charge in [-0.1, -0.05) is 11.6 Å². The fourth-order valence-corrected chi connectivity index (χ4v) is 2.64. The van der Waals surface area contributed by atoms with E-state index in [0.29, 0.717) is 10.6 Å². The molecule has 0 aliphatic heterocycles. The van der Waals surface area contributed by atoms with Crippen LogP contribution in [0.5, 0.6) is 5.75 Å². The van der Waals surface area contributed by atoms with Gasteiger partial charge in [0.05, 0.1) is 11.3 Å². The molecule has 1 amide bonds. The van der Waals surface area contributed by atoms with Crippen LogP contribution in [0.3, 0.4) is 0 Å². The Balaban J connectivity index is 2.33. The van der Waals surface area contributed by atoms with E-state index in [2.05, 4.69) is 5.32 Å². The van der Waals surface area contributed by atoms with Crippen molar-refractivity contribution in [2.75, 3.05) is 5.32 Å². The average molecular weight is 312 g/mol. The summed E-state index contributed by atoms with van der Waals surface area (Å²) in [5, 5.41) is 23.2. The number of halogens is 1. The van der Waals surface area contributed by atoms with Gasteiger partial charge in [0.2, 0.25) is 0 Å². The molecule has 104 valence electrons. The second-order valence-electron chi connectivity index (χ2n) is 4.04. The van der Waals surface area contributed by atoms with Crippen LogP contribution in [0.1, 0.15) is 25.6 Å². The van der Waals surface area contributed by atoms with Gasteiger partial charge in [0.25, 0.3) is 5.91 Å². The molecule has 0 aliphatic carbocycles. The summed E-state index contributed by atoms with van der Waals surface area (Å²) in [7, 11) is 0. The first kappa shape index (κ1) is 14.4. The highest BCUT2D eigenvalue weighted by molar-refractivity contribution is 7.12. The number of amides is 1. The summed E-state index contributed by atoms with van der Waals surface area (Å²) in [6.07, 6.45) is 0. The Morgan fingerprint density at radius 2 is 2.05 bits per heavy atom. The Morgan fingerprint density at radius 3 is 2.65 bits per heavy atom. The third kappa shape index (κ3) is 2.76. The molecule has 5 nitrogen and oxygen atoms in total. The molecule has 7 heteroatoms. The third-order valence-corrected chi connectivity index (χ3v) is 3.93. The minimum absolute atomic E-state index is 0.0244. The molecule has 20 heavy (non-hydrogen) atoms. The van der Waals surface area contributed by atoms with Gasteiger partial charge in [0, 0.05) is 5.02 Å². The molecule has 1 heterocycles. The zero-order valence-electron chi connectivity index (χ0n) is 10.3. The van der Waals surface area contributed by atoms with E-state index in [-0.39, 0.29) is 21.9 Å². The number of anilines is 1. The van der Waals surface area contributed by atoms with Crippen LogP contribution >= 0.6 is 22.9 Å². The number of phenolic OH excluding ortho intramolecular Hbond substituents is 1. The van der Waals surface area contributed by atoms with Crippen LogP contribution in [0.25, 0.3) is 0 Å². The van der Waals surface area contributed by atoms with Gasteiger partial charge in [-0.3, -0.25) is 4.79 Å². The zero-order valence-corrected chi connectivity index (χ0v) is 11.9. The van der Waals surface area contributed by atoms with E-state index < -0.39 is 11.9 Å². The van der Waals surface area contributed by atoms with Crippen molar-refractivity contribution in [1.82, 2.24) is 0 Å². The SMILES string of the molecule is Cc1csc(C(=O)O)c1NC(=O)c1ccc(Cl)cc1O. The summed E-state index contributed by atoms with van der Waals surface area (Å²) in [4.78, 5) is 23.2. The van der Waals surface area contributed by atoms with E-state index >= 15 is 0 Å². The average Bonchev–Trinajstić information content (AvgIpc) is 2.71. The van der Waals surface area contributed by atoms with E-state index in [9.17, 15) is 14.7 Å². The molecule has 2 rings (SSSR count). The molecule has 0 unspecified atom stereocenters. The number of hydrogen-bond donors (Lipinski definition) is 3. The predicted octanol–water partition coefficient (Wildman–Crippen LogP) is 3.37. The van der Waals surface area contributed by atoms with Crippen LogP contribution in [0.2, 0.25) is 5.02 Å². The number of carbonyl (C=O) groups is 2. The number of benzene rings is 1. The molecule has 0 bridgehead atoms. The second kappa shape index (κ2) is 5.52. The van der Waals surface area contributed by atoms with Crippen LogP contribution in [0, 0.1) is 6.92 Å². The first-order valence-corrected chi connectivity index (χ1v) is 6.77. The first-order chi connectivity index (χ1) is 9.40. The van der Waals surface area contributed by atoms with Crippen LogP contribution in [-0.4, -0.2) is 22.1 Å². The molecule has 0 saturated heterocycles. The number of carboxylic acid groups (broad SMARTS) is 1. The van der Waals surface area contributed by atoms with E-state index in [1.165, 1.54) is 18.2 Å². The van der Waals surface area contributed by atoms with Gasteiger partial charge in [-0.15, -0.1) is 11.3 Å². The third-order valence-electron chi connectivity index (χ3n) is 2.61. The smallest absolute Gasteiger partial charge is 0.348 e. The Labute approximate surface area is 123 Å². The van der Waals surface area contributed by atoms with Gasteiger partial charge in [-0.2, -0.15) is 0 Å². The highest BCUT2D eigenvalue weighted by atomic mass is 35.5. The summed E-state index contributed by atoms with van der Waals surface area (Å²) in [5.74, 6) is -1.97. The number of phenols is 1. The maximum absolute atomic E-state index is 12.1. The second-order valence-corrected chi connectivity index (χ2v) is 5.36. The lowest BCUT2D eigenvalue weighted by molar-refractivity contribution is 0.0703. The number of hydrogen-bond acceptors (Lipinski definition) is 4. The van der Waals surface area contributed by atoms with Crippen LogP contribution in [-0.2, 0) is 0 Å². The molecule has 1 aromatic carbocycles. The van der Waals surface area contributed by atoms with E-state index in [1.54, 1.807) is 12.3 Å². The van der Waals surface area contributed by atoms with Crippen molar-refractivity contribution in [3.05, 3.63) is 44.6 Å². The number of carbonyl (C=O) groups excluding carboxylic acids is 1. The number of aryl methyl sites for hydroxylation is 1. The highest BCUT2D eigenvalue weighted by Crippen LogP contribution is 2.29. The van der Waals surface area contributed by atoms with Crippen molar-refractivity contribution in [3.63, 3.8) is 0 Å². The fraction of sp³-hybridized carbons (Fsp3) is 0.0769. The number of rotatable bonds is 3. The van der Waals surface area contributed by atoms with Crippen LogP contribution in [0.15, 0.2) is 23.6 Å². The molecule has 0 spiro atoms. The highest BCUT2D eigenvalue weighted by Gasteiger charge is 2.19. The van der Waals surface area contributed by atoms with Crippen molar-refractivity contribution < 1.29 is 19.8 Å². The molecule has 0 fully saturated rings. The van der Waals surface area contributed by atoms with Crippen LogP contribution < -0.4 is 5.32 Å². The lowest BCUT2D eigenvalue weighted by Crippen LogP contribution is -2.14. The summed E-state index contributed by atoms with van der Waals surface area (Å²) < 4.78 is 0. The monoisotopic (exact) mass is 311 g/mol. The Kier molecular flexibility index (Phi) is 3.96. The summed E-state index contributed by atoms with van der Waals surface area (Å²) >= 11 is 6.72. The molecule has 0 saturated carbocycles. The Morgan fingerprint density at radius 1 is 1.35 bits per heavy atom. The molecule has 1 aromatic heterocycles. The lowest BCUT2D eigenvalue weighted by atomic mass is 10.1. The van der Waals surface area contributed by atoms with Gasteiger partial charge < -0.3 is 15.5 Å². The predicted molar refractivity (Wildman–Crippen MR) is 77.1 cm³/mol. The minimum Gasteiger partial charge on any atom is -0.507 e. The molecule has 2 aromatic rings. The summed E-state index contributed by atoms with van der Waals surface area (Å²) in [5.41, 5.74) is 0.910. The number of aromatic hydroxyl groups is 1. The summed E-state index contributed by atoms with van der Waals surface area (Å²) in [6, 6.07) is 4.08. The summed E-state index contributed by atoms with van der Waals surface area (Å²) in [6.45, 7) is 1.69. The normalized spacial score (nSPS) is 10.3. The Bertz CT molecular complexity index is 696. The topological polar surface area (TPSA) is 86.6 Å². The first-order valence-electron chi connectivity index (χ1n) is 5.51. The number of thiophene rings is 1. The molecule has 0 atom stereocenters. The van der Waals surface area contributed by atoms with Crippen molar-refractivity contribution in [1.29, 1.82) is 0 Å². The number of carboxylic acids is 1. The minimum atomic E-state index is -1.11. The standard InChI is InChI=1S/C13H10ClNO4S/c1-6-5-20-11(13(18)19)10(6)15-12(17)8-3-2-7(14)4-9(8)16/h2-5,16H,1H3,(H,15,17)(H,18,19). The molecule has 0 radical (unpaired) electrons. The van der Waals surface area contributed by atoms with Crippen molar-refractivity contribution >= 4 is 40.5 Å². The van der Waals surface area contributed by atoms with Gasteiger partial charge in [0.1, 0.15) is 10.6 Å². The van der Waals surface area contributed by atoms with Crippen molar-refractivity contribution in [2.45, 2.75) is 6.92 Å². The van der Waals surface area contributed by atoms with Crippen molar-refractivity contribution in [2.24, 2.45) is 0 Å². The van der Waals surface area contributed by atoms with Gasteiger partial charge in [-0.25, -0.2) is 4.79 Å². The quantitative estimate of drug-likeness (QED) is 0.811. The molecular weight excluding hydrogens is 302 g/mol. The van der Waals surface area contributed by atoms with E-state index in [0.717, 1.165) is 11.3 Å². The van der Waals surface area contributed by atoms with Gasteiger partial charge in [0.15, 0.2) is 0 Å². The van der Waals surface area contributed by atoms with E-state index in [1.807, 2.05) is 0 Å². The maximum atomic E-state index is 12.1. The Hall–Kier alpha value is -2.05. The molecule has 3 N–H and O–H groups in total. The van der Waals surface area contributed by atoms with Crippen molar-refractivity contribution in [3.8, 4) is 5.75 Å². The molecular formula is C13H10ClNO4S. The fourth-order valence-electron chi connectivity index (χ4n) is 1.63. The van der Waals surface area contributed by atoms with Crippen LogP contribution in [0.4, 0.5) is 5.69 Å². The maximum Gasteiger partial charge on any atom is 0.348 e. The van der Waals surface area contributed by atoms with Gasteiger partial charge in [-0.05, 0) is 36.1 Å². The molecule has 0 aliphatic rings.